The van der Waals surface area contributed by atoms with Crippen molar-refractivity contribution in [1.82, 2.24) is 0 Å². The van der Waals surface area contributed by atoms with Gasteiger partial charge in [0.25, 0.3) is 0 Å². The van der Waals surface area contributed by atoms with Crippen LogP contribution < -0.4 is 10.5 Å². The topological polar surface area (TPSA) is 109 Å². The lowest BCUT2D eigenvalue weighted by Gasteiger charge is -2.20. The molecule has 150 valence electrons. The SMILES string of the molecule is NS(=O)(=O)c1ccc(NC(CC(=O)c2ccc(Br)cc2)c2ccc(O)cc2)cc1. The summed E-state index contributed by atoms with van der Waals surface area (Å²) in [6.07, 6.45) is 0.170. The number of nitrogens with two attached hydrogens (primary N) is 1. The molecule has 3 aromatic carbocycles. The van der Waals surface area contributed by atoms with Crippen LogP contribution in [0.4, 0.5) is 5.69 Å². The van der Waals surface area contributed by atoms with Crippen molar-refractivity contribution >= 4 is 37.4 Å². The third-order valence-electron chi connectivity index (χ3n) is 4.37. The van der Waals surface area contributed by atoms with Gasteiger partial charge in [-0.05, 0) is 54.1 Å². The van der Waals surface area contributed by atoms with Gasteiger partial charge in [-0.25, -0.2) is 13.6 Å². The quantitative estimate of drug-likeness (QED) is 0.443. The average Bonchev–Trinajstić information content (AvgIpc) is 2.68. The number of ketones is 1. The van der Waals surface area contributed by atoms with Crippen molar-refractivity contribution < 1.29 is 18.3 Å². The number of aromatic hydroxyl groups is 1. The fraction of sp³-hybridized carbons (Fsp3) is 0.0952. The molecule has 4 N–H and O–H groups in total. The Balaban J connectivity index is 1.86. The van der Waals surface area contributed by atoms with E-state index in [0.29, 0.717) is 11.3 Å². The standard InChI is InChI=1S/C21H19BrN2O4S/c22-16-5-1-15(2-6-16)21(26)13-20(14-3-9-18(25)10-4-14)24-17-7-11-19(12-8-17)29(23,27)28/h1-12,20,24-25H,13H2,(H2,23,27,28). The third-order valence-corrected chi connectivity index (χ3v) is 5.83. The maximum Gasteiger partial charge on any atom is 0.238 e. The summed E-state index contributed by atoms with van der Waals surface area (Å²) >= 11 is 3.35. The van der Waals surface area contributed by atoms with Gasteiger partial charge in [0, 0.05) is 22.1 Å². The van der Waals surface area contributed by atoms with Crippen LogP contribution in [-0.2, 0) is 10.0 Å². The number of sulfonamides is 1. The first kappa shape index (κ1) is 21.0. The molecule has 1 unspecified atom stereocenters. The van der Waals surface area contributed by atoms with Crippen molar-refractivity contribution in [1.29, 1.82) is 0 Å². The number of carbonyl (C=O) groups is 1. The molecule has 0 aromatic heterocycles. The molecule has 6 nitrogen and oxygen atoms in total. The van der Waals surface area contributed by atoms with Gasteiger partial charge in [0.15, 0.2) is 5.78 Å². The molecule has 0 saturated carbocycles. The summed E-state index contributed by atoms with van der Waals surface area (Å²) < 4.78 is 23.7. The molecule has 3 rings (SSSR count). The summed E-state index contributed by atoms with van der Waals surface area (Å²) in [5.41, 5.74) is 2.03. The summed E-state index contributed by atoms with van der Waals surface area (Å²) in [5.74, 6) is 0.0773. The van der Waals surface area contributed by atoms with Gasteiger partial charge in [-0.2, -0.15) is 0 Å². The maximum atomic E-state index is 12.8. The molecule has 0 amide bonds. The van der Waals surface area contributed by atoms with Crippen molar-refractivity contribution in [2.24, 2.45) is 5.14 Å². The number of carbonyl (C=O) groups excluding carboxylic acids is 1. The second-order valence-corrected chi connectivity index (χ2v) is 8.97. The molecular formula is C21H19BrN2O4S. The largest absolute Gasteiger partial charge is 0.508 e. The number of benzene rings is 3. The van der Waals surface area contributed by atoms with E-state index in [2.05, 4.69) is 21.2 Å². The van der Waals surface area contributed by atoms with Crippen LogP contribution in [0.2, 0.25) is 0 Å². The first-order valence-corrected chi connectivity index (χ1v) is 11.0. The second-order valence-electron chi connectivity index (χ2n) is 6.49. The fourth-order valence-electron chi connectivity index (χ4n) is 2.84. The summed E-state index contributed by atoms with van der Waals surface area (Å²) in [7, 11) is -3.78. The molecule has 0 fully saturated rings. The summed E-state index contributed by atoms with van der Waals surface area (Å²) in [6.45, 7) is 0. The van der Waals surface area contributed by atoms with Gasteiger partial charge in [0.05, 0.1) is 10.9 Å². The van der Waals surface area contributed by atoms with E-state index < -0.39 is 10.0 Å². The number of hydrogen-bond donors (Lipinski definition) is 3. The van der Waals surface area contributed by atoms with E-state index in [0.717, 1.165) is 10.0 Å². The van der Waals surface area contributed by atoms with Crippen LogP contribution in [0.5, 0.6) is 5.75 Å². The molecule has 3 aromatic rings. The van der Waals surface area contributed by atoms with Gasteiger partial charge in [-0.3, -0.25) is 4.79 Å². The third kappa shape index (κ3) is 5.66. The highest BCUT2D eigenvalue weighted by molar-refractivity contribution is 9.10. The first-order valence-electron chi connectivity index (χ1n) is 8.69. The minimum atomic E-state index is -3.78. The average molecular weight is 475 g/mol. The predicted molar refractivity (Wildman–Crippen MR) is 115 cm³/mol. The predicted octanol–water partition coefficient (Wildman–Crippen LogP) is 4.23. The molecule has 0 bridgehead atoms. The van der Waals surface area contributed by atoms with Crippen LogP contribution in [0.1, 0.15) is 28.4 Å². The minimum absolute atomic E-state index is 0.00942. The molecular weight excluding hydrogens is 456 g/mol. The molecule has 0 saturated heterocycles. The number of rotatable bonds is 7. The van der Waals surface area contributed by atoms with Crippen LogP contribution >= 0.6 is 15.9 Å². The molecule has 0 heterocycles. The molecule has 0 aliphatic heterocycles. The van der Waals surface area contributed by atoms with Gasteiger partial charge in [-0.15, -0.1) is 0 Å². The summed E-state index contributed by atoms with van der Waals surface area (Å²) in [4.78, 5) is 12.8. The van der Waals surface area contributed by atoms with Gasteiger partial charge in [-0.1, -0.05) is 40.2 Å². The van der Waals surface area contributed by atoms with Crippen LogP contribution in [-0.4, -0.2) is 19.3 Å². The number of nitrogens with one attached hydrogen (secondary N) is 1. The fourth-order valence-corrected chi connectivity index (χ4v) is 3.62. The van der Waals surface area contributed by atoms with Crippen molar-refractivity contribution in [2.45, 2.75) is 17.4 Å². The Morgan fingerprint density at radius 1 is 0.966 bits per heavy atom. The zero-order valence-electron chi connectivity index (χ0n) is 15.2. The zero-order valence-corrected chi connectivity index (χ0v) is 17.7. The molecule has 0 radical (unpaired) electrons. The van der Waals surface area contributed by atoms with Gasteiger partial charge >= 0.3 is 0 Å². The van der Waals surface area contributed by atoms with E-state index in [1.54, 1.807) is 48.5 Å². The number of hydrogen-bond acceptors (Lipinski definition) is 5. The number of anilines is 1. The highest BCUT2D eigenvalue weighted by Gasteiger charge is 2.18. The van der Waals surface area contributed by atoms with Gasteiger partial charge < -0.3 is 10.4 Å². The minimum Gasteiger partial charge on any atom is -0.508 e. The van der Waals surface area contributed by atoms with E-state index >= 15 is 0 Å². The van der Waals surface area contributed by atoms with Crippen molar-refractivity contribution in [2.75, 3.05) is 5.32 Å². The maximum absolute atomic E-state index is 12.8. The highest BCUT2D eigenvalue weighted by atomic mass is 79.9. The lowest BCUT2D eigenvalue weighted by molar-refractivity contribution is 0.0976. The Kier molecular flexibility index (Phi) is 6.36. The highest BCUT2D eigenvalue weighted by Crippen LogP contribution is 2.27. The number of phenols is 1. The lowest BCUT2D eigenvalue weighted by atomic mass is 9.97. The van der Waals surface area contributed by atoms with Gasteiger partial charge in [0.1, 0.15) is 5.75 Å². The van der Waals surface area contributed by atoms with Crippen molar-refractivity contribution in [3.05, 3.63) is 88.4 Å². The second kappa shape index (κ2) is 8.77. The number of phenolic OH excluding ortho intramolecular Hbond substituents is 1. The van der Waals surface area contributed by atoms with Crippen molar-refractivity contribution in [3.63, 3.8) is 0 Å². The Hall–Kier alpha value is -2.68. The lowest BCUT2D eigenvalue weighted by Crippen LogP contribution is -2.16. The van der Waals surface area contributed by atoms with Gasteiger partial charge in [0.2, 0.25) is 10.0 Å². The van der Waals surface area contributed by atoms with E-state index in [1.807, 2.05) is 12.1 Å². The van der Waals surface area contributed by atoms with Crippen LogP contribution in [0.3, 0.4) is 0 Å². The summed E-state index contributed by atoms with van der Waals surface area (Å²) in [6, 6.07) is 19.3. The zero-order chi connectivity index (χ0) is 21.0. The van der Waals surface area contributed by atoms with E-state index in [9.17, 15) is 18.3 Å². The molecule has 1 atom stereocenters. The molecule has 8 heteroatoms. The number of halogens is 1. The van der Waals surface area contributed by atoms with Crippen LogP contribution in [0.25, 0.3) is 0 Å². The van der Waals surface area contributed by atoms with E-state index in [-0.39, 0.29) is 28.9 Å². The number of Topliss-reactive ketones (excluding diaryl/α,β-unsaturated/α-hetero) is 1. The molecule has 0 aliphatic carbocycles. The van der Waals surface area contributed by atoms with E-state index in [1.165, 1.54) is 12.1 Å². The first-order chi connectivity index (χ1) is 13.7. The smallest absolute Gasteiger partial charge is 0.238 e. The molecule has 0 aliphatic rings. The Morgan fingerprint density at radius 3 is 2.10 bits per heavy atom. The Bertz CT molecular complexity index is 1100. The van der Waals surface area contributed by atoms with Crippen molar-refractivity contribution in [3.8, 4) is 5.75 Å². The van der Waals surface area contributed by atoms with Crippen LogP contribution in [0.15, 0.2) is 82.2 Å². The summed E-state index contributed by atoms with van der Waals surface area (Å²) in [5, 5.41) is 18.0. The molecule has 29 heavy (non-hydrogen) atoms. The normalized spacial score (nSPS) is 12.3. The number of primary sulfonamides is 1. The molecule has 0 spiro atoms. The monoisotopic (exact) mass is 474 g/mol. The van der Waals surface area contributed by atoms with E-state index in [4.69, 9.17) is 5.14 Å². The Morgan fingerprint density at radius 2 is 1.55 bits per heavy atom. The van der Waals surface area contributed by atoms with Crippen LogP contribution in [0, 0.1) is 0 Å². The Labute approximate surface area is 177 Å².